The number of ketones is 1. The topological polar surface area (TPSA) is 84.7 Å². The number of nitrogens with zero attached hydrogens (tertiary/aromatic N) is 4. The fourth-order valence-electron chi connectivity index (χ4n) is 5.60. The average Bonchev–Trinajstić information content (AvgIpc) is 3.23. The van der Waals surface area contributed by atoms with Gasteiger partial charge in [-0.1, -0.05) is 38.1 Å². The highest BCUT2D eigenvalue weighted by Gasteiger charge is 2.43. The van der Waals surface area contributed by atoms with Crippen molar-refractivity contribution in [2.45, 2.75) is 32.2 Å². The lowest BCUT2D eigenvalue weighted by Crippen LogP contribution is -2.51. The molecule has 0 saturated carbocycles. The molecule has 1 saturated heterocycles. The van der Waals surface area contributed by atoms with Crippen molar-refractivity contribution in [1.82, 2.24) is 13.5 Å². The molecule has 1 aliphatic heterocycles. The minimum atomic E-state index is -3.39. The van der Waals surface area contributed by atoms with E-state index < -0.39 is 10.2 Å². The van der Waals surface area contributed by atoms with E-state index in [-0.39, 0.29) is 11.2 Å². The third-order valence-corrected chi connectivity index (χ3v) is 9.62. The van der Waals surface area contributed by atoms with E-state index in [0.29, 0.717) is 44.7 Å². The summed E-state index contributed by atoms with van der Waals surface area (Å²) in [5.41, 5.74) is 7.16. The lowest BCUT2D eigenvalue weighted by atomic mass is 9.68. The summed E-state index contributed by atoms with van der Waals surface area (Å²) in [6.07, 6.45) is 0.685. The predicted octanol–water partition coefficient (Wildman–Crippen LogP) is 2.97. The summed E-state index contributed by atoms with van der Waals surface area (Å²) in [7, 11) is -0.267. The lowest BCUT2D eigenvalue weighted by molar-refractivity contribution is 0.105. The second kappa shape index (κ2) is 8.38. The van der Waals surface area contributed by atoms with Gasteiger partial charge in [-0.15, -0.1) is 0 Å². The molecule has 1 fully saturated rings. The summed E-state index contributed by atoms with van der Waals surface area (Å²) in [6.45, 7) is 7.34. The van der Waals surface area contributed by atoms with E-state index in [1.54, 1.807) is 20.2 Å². The van der Waals surface area contributed by atoms with Gasteiger partial charge in [0.1, 0.15) is 0 Å². The number of piperazine rings is 1. The molecule has 2 aromatic rings. The van der Waals surface area contributed by atoms with Crippen LogP contribution in [0.25, 0.3) is 5.57 Å². The van der Waals surface area contributed by atoms with Crippen LogP contribution in [0.3, 0.4) is 0 Å². The Morgan fingerprint density at radius 2 is 1.71 bits per heavy atom. The molecule has 0 radical (unpaired) electrons. The quantitative estimate of drug-likeness (QED) is 0.658. The van der Waals surface area contributed by atoms with E-state index in [1.807, 2.05) is 24.3 Å². The van der Waals surface area contributed by atoms with Crippen LogP contribution in [0.1, 0.15) is 52.0 Å². The molecule has 1 heterocycles. The van der Waals surface area contributed by atoms with Gasteiger partial charge in [0.05, 0.1) is 11.6 Å². The monoisotopic (exact) mass is 490 g/mol. The number of hydrogen-bond donors (Lipinski definition) is 0. The predicted molar refractivity (Wildman–Crippen MR) is 135 cm³/mol. The molecule has 0 spiro atoms. The molecule has 7 nitrogen and oxygen atoms in total. The van der Waals surface area contributed by atoms with E-state index in [1.165, 1.54) is 8.61 Å². The smallest absolute Gasteiger partial charge is 0.281 e. The normalized spacial score (nSPS) is 19.9. The van der Waals surface area contributed by atoms with Gasteiger partial charge < -0.3 is 0 Å². The molecule has 5 rings (SSSR count). The van der Waals surface area contributed by atoms with Crippen molar-refractivity contribution in [3.05, 3.63) is 75.4 Å². The third kappa shape index (κ3) is 3.83. The molecule has 0 amide bonds. The number of carbonyl (C=O) groups is 1. The zero-order valence-corrected chi connectivity index (χ0v) is 21.4. The van der Waals surface area contributed by atoms with Crippen molar-refractivity contribution in [2.75, 3.05) is 40.3 Å². The Balaban J connectivity index is 1.38. The van der Waals surface area contributed by atoms with E-state index >= 15 is 0 Å². The first kappa shape index (κ1) is 23.9. The summed E-state index contributed by atoms with van der Waals surface area (Å²) in [4.78, 5) is 15.9. The summed E-state index contributed by atoms with van der Waals surface area (Å²) < 4.78 is 27.6. The molecule has 3 aliphatic rings. The first-order chi connectivity index (χ1) is 16.5. The zero-order chi connectivity index (χ0) is 25.1. The molecular formula is C27H30N4O3S. The largest absolute Gasteiger partial charge is 0.296 e. The van der Waals surface area contributed by atoms with Crippen LogP contribution in [-0.2, 0) is 28.6 Å². The van der Waals surface area contributed by atoms with Gasteiger partial charge in [-0.25, -0.2) is 0 Å². The molecule has 182 valence electrons. The Morgan fingerprint density at radius 1 is 1.03 bits per heavy atom. The van der Waals surface area contributed by atoms with Crippen LogP contribution in [0.4, 0.5) is 0 Å². The number of allylic oxidation sites excluding steroid dienone is 2. The number of rotatable bonds is 4. The fraction of sp³-hybridized carbons (Fsp3) is 0.407. The van der Waals surface area contributed by atoms with E-state index in [2.05, 4.69) is 30.9 Å². The Labute approximate surface area is 207 Å². The van der Waals surface area contributed by atoms with Gasteiger partial charge in [0, 0.05) is 63.4 Å². The minimum absolute atomic E-state index is 0.0619. The second-order valence-corrected chi connectivity index (χ2v) is 12.5. The van der Waals surface area contributed by atoms with Gasteiger partial charge in [0.15, 0.2) is 5.78 Å². The van der Waals surface area contributed by atoms with Gasteiger partial charge >= 0.3 is 0 Å². The third-order valence-electron chi connectivity index (χ3n) is 7.68. The second-order valence-electron chi connectivity index (χ2n) is 10.3. The highest BCUT2D eigenvalue weighted by Crippen LogP contribution is 2.50. The first-order valence-corrected chi connectivity index (χ1v) is 13.3. The van der Waals surface area contributed by atoms with E-state index in [0.717, 1.165) is 39.0 Å². The highest BCUT2D eigenvalue weighted by molar-refractivity contribution is 7.86. The van der Waals surface area contributed by atoms with Crippen LogP contribution in [0.2, 0.25) is 0 Å². The lowest BCUT2D eigenvalue weighted by Gasteiger charge is -2.36. The van der Waals surface area contributed by atoms with Crippen LogP contribution in [0.15, 0.2) is 42.0 Å². The van der Waals surface area contributed by atoms with Crippen molar-refractivity contribution in [3.8, 4) is 6.07 Å². The van der Waals surface area contributed by atoms with Gasteiger partial charge in [0.2, 0.25) is 0 Å². The molecule has 2 aromatic carbocycles. The number of nitriles is 1. The zero-order valence-electron chi connectivity index (χ0n) is 20.6. The molecule has 0 aromatic heterocycles. The Bertz CT molecular complexity index is 1410. The molecule has 0 N–H and O–H groups in total. The van der Waals surface area contributed by atoms with Crippen LogP contribution in [0.5, 0.6) is 0 Å². The summed E-state index contributed by atoms with van der Waals surface area (Å²) in [6, 6.07) is 13.9. The van der Waals surface area contributed by atoms with E-state index in [4.69, 9.17) is 0 Å². The molecule has 0 atom stereocenters. The Morgan fingerprint density at radius 3 is 2.37 bits per heavy atom. The highest BCUT2D eigenvalue weighted by atomic mass is 32.2. The van der Waals surface area contributed by atoms with Crippen LogP contribution < -0.4 is 0 Å². The van der Waals surface area contributed by atoms with Crippen molar-refractivity contribution in [2.24, 2.45) is 0 Å². The maximum absolute atomic E-state index is 13.6. The number of carbonyl (C=O) groups excluding carboxylic acids is 1. The van der Waals surface area contributed by atoms with E-state index in [9.17, 15) is 18.5 Å². The minimum Gasteiger partial charge on any atom is -0.296 e. The molecule has 8 heteroatoms. The summed E-state index contributed by atoms with van der Waals surface area (Å²) in [5.74, 6) is 0.0619. The SMILES string of the molecule is CN(C)S(=O)(=O)N1CCN(Cc2ccc3c(c2)C(C)(C)C2=C(C3=O)c3ccc(C#N)cc3C2)CC1. The first-order valence-electron chi connectivity index (χ1n) is 11.9. The van der Waals surface area contributed by atoms with Crippen molar-refractivity contribution < 1.29 is 13.2 Å². The standard InChI is InChI=1S/C27H30N4O3S/c1-27(2)23-14-19(17-30-9-11-31(12-10-30)35(33,34)29(3)4)6-8-22(23)26(32)25-21-7-5-18(16-28)13-20(21)15-24(25)27/h5-8,13-14H,9-12,15,17H2,1-4H3. The number of Topliss-reactive ketones (excluding diaryl/α,β-unsaturated/α-hetero) is 1. The van der Waals surface area contributed by atoms with Crippen molar-refractivity contribution in [3.63, 3.8) is 0 Å². The van der Waals surface area contributed by atoms with Crippen LogP contribution in [-0.4, -0.2) is 68.0 Å². The Kier molecular flexibility index (Phi) is 5.72. The van der Waals surface area contributed by atoms with Crippen molar-refractivity contribution in [1.29, 1.82) is 5.26 Å². The summed E-state index contributed by atoms with van der Waals surface area (Å²) in [5, 5.41) is 9.30. The molecular weight excluding hydrogens is 460 g/mol. The van der Waals surface area contributed by atoms with Crippen molar-refractivity contribution >= 4 is 21.6 Å². The number of fused-ring (bicyclic) bond motifs is 3. The molecule has 0 unspecified atom stereocenters. The molecule has 2 aliphatic carbocycles. The van der Waals surface area contributed by atoms with Gasteiger partial charge in [-0.05, 0) is 46.4 Å². The fourth-order valence-corrected chi connectivity index (χ4v) is 6.68. The maximum Gasteiger partial charge on any atom is 0.281 e. The number of hydrogen-bond acceptors (Lipinski definition) is 5. The van der Waals surface area contributed by atoms with Gasteiger partial charge in [0.25, 0.3) is 10.2 Å². The molecule has 35 heavy (non-hydrogen) atoms. The average molecular weight is 491 g/mol. The van der Waals surface area contributed by atoms with Crippen LogP contribution >= 0.6 is 0 Å². The van der Waals surface area contributed by atoms with Gasteiger partial charge in [-0.3, -0.25) is 9.69 Å². The van der Waals surface area contributed by atoms with Crippen LogP contribution in [0, 0.1) is 11.3 Å². The maximum atomic E-state index is 13.6. The van der Waals surface area contributed by atoms with Gasteiger partial charge in [-0.2, -0.15) is 22.3 Å². The number of benzene rings is 2. The Hall–Kier alpha value is -2.83. The molecule has 0 bridgehead atoms. The summed E-state index contributed by atoms with van der Waals surface area (Å²) >= 11 is 0.